The monoisotopic (exact) mass is 241 g/mol. The molecular weight excluding hydrogens is 235 g/mol. The minimum atomic E-state index is -4.83. The number of hydrogen-bond acceptors (Lipinski definition) is 4. The number of nitrogen functional groups attached to an aromatic ring is 1. The smallest absolute Gasteiger partial charge is 0.403 e. The second-order valence-electron chi connectivity index (χ2n) is 2.56. The molecule has 0 saturated heterocycles. The van der Waals surface area contributed by atoms with Crippen molar-refractivity contribution in [3.8, 4) is 5.75 Å². The molecule has 0 saturated carbocycles. The number of hydrogen-bond donors (Lipinski definition) is 2. The Bertz CT molecular complexity index is 369. The first-order valence-corrected chi connectivity index (χ1v) is 4.12. The van der Waals surface area contributed by atoms with E-state index in [4.69, 9.17) is 23.1 Å². The summed E-state index contributed by atoms with van der Waals surface area (Å²) in [5, 5.41) is -0.163. The molecule has 1 aromatic rings. The van der Waals surface area contributed by atoms with Crippen molar-refractivity contribution in [2.24, 2.45) is 5.73 Å². The van der Waals surface area contributed by atoms with Crippen molar-refractivity contribution in [2.45, 2.75) is 12.9 Å². The summed E-state index contributed by atoms with van der Waals surface area (Å²) in [7, 11) is 0. The quantitative estimate of drug-likeness (QED) is 0.773. The zero-order valence-electron chi connectivity index (χ0n) is 7.31. The van der Waals surface area contributed by atoms with E-state index in [2.05, 4.69) is 9.72 Å². The Morgan fingerprint density at radius 1 is 1.47 bits per heavy atom. The molecule has 84 valence electrons. The Morgan fingerprint density at radius 2 is 2.07 bits per heavy atom. The van der Waals surface area contributed by atoms with Crippen molar-refractivity contribution in [2.75, 3.05) is 5.73 Å². The number of alkyl halides is 3. The van der Waals surface area contributed by atoms with Crippen molar-refractivity contribution in [3.05, 3.63) is 16.9 Å². The van der Waals surface area contributed by atoms with Crippen LogP contribution in [0.5, 0.6) is 5.75 Å². The van der Waals surface area contributed by atoms with Gasteiger partial charge in [0.25, 0.3) is 0 Å². The molecule has 0 aliphatic carbocycles. The van der Waals surface area contributed by atoms with Gasteiger partial charge in [0.05, 0.1) is 11.4 Å². The third-order valence-electron chi connectivity index (χ3n) is 1.49. The Balaban J connectivity index is 3.12. The molecule has 0 aliphatic rings. The molecule has 1 aromatic heterocycles. The molecule has 0 unspecified atom stereocenters. The first kappa shape index (κ1) is 11.9. The number of aromatic nitrogens is 1. The fourth-order valence-electron chi connectivity index (χ4n) is 0.914. The Kier molecular flexibility index (Phi) is 3.25. The van der Waals surface area contributed by atoms with Crippen molar-refractivity contribution in [3.63, 3.8) is 0 Å². The number of nitrogens with zero attached hydrogens (tertiary/aromatic N) is 1. The summed E-state index contributed by atoms with van der Waals surface area (Å²) in [6, 6.07) is 0.879. The largest absolute Gasteiger partial charge is 0.573 e. The SMILES string of the molecule is NCc1nc(Cl)cc(OC(F)(F)F)c1N. The second kappa shape index (κ2) is 4.11. The van der Waals surface area contributed by atoms with Gasteiger partial charge in [-0.1, -0.05) is 11.6 Å². The van der Waals surface area contributed by atoms with E-state index in [0.717, 1.165) is 6.07 Å². The van der Waals surface area contributed by atoms with Gasteiger partial charge in [-0.25, -0.2) is 4.98 Å². The molecule has 0 atom stereocenters. The van der Waals surface area contributed by atoms with E-state index in [-0.39, 0.29) is 23.1 Å². The lowest BCUT2D eigenvalue weighted by Crippen LogP contribution is -2.19. The molecular formula is C7H7ClF3N3O. The Labute approximate surface area is 88.0 Å². The Hall–Kier alpha value is -1.21. The lowest BCUT2D eigenvalue weighted by Gasteiger charge is -2.12. The normalized spacial score (nSPS) is 11.5. The molecule has 8 heteroatoms. The van der Waals surface area contributed by atoms with Crippen molar-refractivity contribution in [1.29, 1.82) is 0 Å². The van der Waals surface area contributed by atoms with Gasteiger partial charge < -0.3 is 16.2 Å². The first-order valence-electron chi connectivity index (χ1n) is 3.74. The van der Waals surface area contributed by atoms with Gasteiger partial charge in [0.2, 0.25) is 0 Å². The highest BCUT2D eigenvalue weighted by molar-refractivity contribution is 6.29. The van der Waals surface area contributed by atoms with E-state index in [9.17, 15) is 13.2 Å². The lowest BCUT2D eigenvalue weighted by molar-refractivity contribution is -0.274. The van der Waals surface area contributed by atoms with Gasteiger partial charge in [-0.05, 0) is 0 Å². The van der Waals surface area contributed by atoms with Gasteiger partial charge in [-0.15, -0.1) is 13.2 Å². The molecule has 0 radical (unpaired) electrons. The van der Waals surface area contributed by atoms with Gasteiger partial charge >= 0.3 is 6.36 Å². The first-order chi connectivity index (χ1) is 6.83. The van der Waals surface area contributed by atoms with Gasteiger partial charge in [0.15, 0.2) is 5.75 Å². The number of anilines is 1. The van der Waals surface area contributed by atoms with Crippen molar-refractivity contribution < 1.29 is 17.9 Å². The highest BCUT2D eigenvalue weighted by Gasteiger charge is 2.32. The average Bonchev–Trinajstić information content (AvgIpc) is 2.08. The predicted molar refractivity (Wildman–Crippen MR) is 48.2 cm³/mol. The van der Waals surface area contributed by atoms with Crippen LogP contribution in [-0.4, -0.2) is 11.3 Å². The van der Waals surface area contributed by atoms with Crippen LogP contribution >= 0.6 is 11.6 Å². The minimum absolute atomic E-state index is 0.0572. The number of nitrogens with two attached hydrogens (primary N) is 2. The van der Waals surface area contributed by atoms with Crippen LogP contribution in [0.2, 0.25) is 5.15 Å². The molecule has 0 spiro atoms. The van der Waals surface area contributed by atoms with Crippen LogP contribution in [0.25, 0.3) is 0 Å². The third kappa shape index (κ3) is 3.14. The van der Waals surface area contributed by atoms with Crippen LogP contribution in [0.4, 0.5) is 18.9 Å². The van der Waals surface area contributed by atoms with E-state index in [1.165, 1.54) is 0 Å². The highest BCUT2D eigenvalue weighted by Crippen LogP contribution is 2.31. The van der Waals surface area contributed by atoms with Crippen LogP contribution in [-0.2, 0) is 6.54 Å². The van der Waals surface area contributed by atoms with Gasteiger partial charge in [-0.2, -0.15) is 0 Å². The van der Waals surface area contributed by atoms with E-state index >= 15 is 0 Å². The summed E-state index contributed by atoms with van der Waals surface area (Å²) < 4.78 is 39.4. The zero-order valence-corrected chi connectivity index (χ0v) is 8.06. The molecule has 0 aliphatic heterocycles. The fourth-order valence-corrected chi connectivity index (χ4v) is 1.12. The molecule has 4 N–H and O–H groups in total. The lowest BCUT2D eigenvalue weighted by atomic mass is 10.3. The molecule has 0 amide bonds. The molecule has 15 heavy (non-hydrogen) atoms. The summed E-state index contributed by atoms with van der Waals surface area (Å²) >= 11 is 5.46. The van der Waals surface area contributed by atoms with Gasteiger partial charge in [0, 0.05) is 12.6 Å². The van der Waals surface area contributed by atoms with Gasteiger partial charge in [-0.3, -0.25) is 0 Å². The van der Waals surface area contributed by atoms with Crippen LogP contribution in [0.15, 0.2) is 6.07 Å². The van der Waals surface area contributed by atoms with Gasteiger partial charge in [0.1, 0.15) is 5.15 Å². The summed E-state index contributed by atoms with van der Waals surface area (Å²) in [5.74, 6) is -0.594. The number of pyridine rings is 1. The molecule has 0 fully saturated rings. The molecule has 1 rings (SSSR count). The Morgan fingerprint density at radius 3 is 2.53 bits per heavy atom. The summed E-state index contributed by atoms with van der Waals surface area (Å²) in [5.41, 5.74) is 10.4. The molecule has 0 aromatic carbocycles. The topological polar surface area (TPSA) is 74.2 Å². The number of ether oxygens (including phenoxy) is 1. The summed E-state index contributed by atoms with van der Waals surface area (Å²) in [6.07, 6.45) is -4.83. The van der Waals surface area contributed by atoms with Crippen LogP contribution < -0.4 is 16.2 Å². The molecule has 0 bridgehead atoms. The van der Waals surface area contributed by atoms with E-state index < -0.39 is 12.1 Å². The maximum absolute atomic E-state index is 11.9. The maximum atomic E-state index is 11.9. The predicted octanol–water partition coefficient (Wildman–Crippen LogP) is 1.67. The third-order valence-corrected chi connectivity index (χ3v) is 1.68. The standard InChI is InChI=1S/C7H7ClF3N3O/c8-5-1-4(15-7(9,10)11)6(13)3(2-12)14-5/h1H,2,12-13H2. The number of rotatable bonds is 2. The van der Waals surface area contributed by atoms with Crippen LogP contribution in [0.3, 0.4) is 0 Å². The van der Waals surface area contributed by atoms with Crippen LogP contribution in [0, 0.1) is 0 Å². The highest BCUT2D eigenvalue weighted by atomic mass is 35.5. The van der Waals surface area contributed by atoms with E-state index in [1.54, 1.807) is 0 Å². The minimum Gasteiger partial charge on any atom is -0.403 e. The number of halogens is 4. The zero-order chi connectivity index (χ0) is 11.6. The van der Waals surface area contributed by atoms with E-state index in [0.29, 0.717) is 0 Å². The fraction of sp³-hybridized carbons (Fsp3) is 0.286. The summed E-state index contributed by atoms with van der Waals surface area (Å²) in [4.78, 5) is 3.65. The summed E-state index contributed by atoms with van der Waals surface area (Å²) in [6.45, 7) is -0.124. The van der Waals surface area contributed by atoms with E-state index in [1.807, 2.05) is 0 Å². The molecule has 4 nitrogen and oxygen atoms in total. The maximum Gasteiger partial charge on any atom is 0.573 e. The van der Waals surface area contributed by atoms with Crippen LogP contribution in [0.1, 0.15) is 5.69 Å². The molecule has 1 heterocycles. The average molecular weight is 242 g/mol. The van der Waals surface area contributed by atoms with Crippen molar-refractivity contribution >= 4 is 17.3 Å². The second-order valence-corrected chi connectivity index (χ2v) is 2.94. The van der Waals surface area contributed by atoms with Crippen molar-refractivity contribution in [1.82, 2.24) is 4.98 Å².